The first-order chi connectivity index (χ1) is 7.69. The predicted octanol–water partition coefficient (Wildman–Crippen LogP) is 1.39. The van der Waals surface area contributed by atoms with Crippen LogP contribution in [0.5, 0.6) is 5.75 Å². The molecule has 0 saturated heterocycles. The van der Waals surface area contributed by atoms with E-state index in [-0.39, 0.29) is 5.97 Å². The van der Waals surface area contributed by atoms with E-state index < -0.39 is 12.0 Å². The van der Waals surface area contributed by atoms with E-state index in [9.17, 15) is 9.90 Å². The fourth-order valence-corrected chi connectivity index (χ4v) is 2.23. The van der Waals surface area contributed by atoms with Gasteiger partial charge in [0.1, 0.15) is 5.75 Å². The molecule has 0 bridgehead atoms. The lowest BCUT2D eigenvalue weighted by Crippen LogP contribution is -2.12. The van der Waals surface area contributed by atoms with Gasteiger partial charge in [-0.1, -0.05) is 12.1 Å². The van der Waals surface area contributed by atoms with Gasteiger partial charge in [0.05, 0.1) is 26.2 Å². The Morgan fingerprint density at radius 1 is 1.44 bits per heavy atom. The van der Waals surface area contributed by atoms with Crippen LogP contribution in [0.2, 0.25) is 0 Å². The molecule has 0 amide bonds. The van der Waals surface area contributed by atoms with Crippen LogP contribution in [0.4, 0.5) is 0 Å². The minimum absolute atomic E-state index is 0.331. The Morgan fingerprint density at radius 2 is 2.19 bits per heavy atom. The molecule has 2 atom stereocenters. The Morgan fingerprint density at radius 3 is 2.81 bits per heavy atom. The maximum atomic E-state index is 11.6. The third-order valence-corrected chi connectivity index (χ3v) is 2.97. The standard InChI is InChI=1S/C12H14O4/c1-15-10-5-3-4-7-9(13)6-8(11(7)10)12(14)16-2/h3-5,8-9,13H,6H2,1-2H3/t8-,9+/m0/s1. The van der Waals surface area contributed by atoms with Gasteiger partial charge >= 0.3 is 5.97 Å². The molecule has 1 aliphatic carbocycles. The van der Waals surface area contributed by atoms with E-state index in [1.54, 1.807) is 19.2 Å². The number of rotatable bonds is 2. The lowest BCUT2D eigenvalue weighted by atomic mass is 10.0. The van der Waals surface area contributed by atoms with Crippen molar-refractivity contribution in [3.8, 4) is 5.75 Å². The quantitative estimate of drug-likeness (QED) is 0.768. The second-order valence-corrected chi connectivity index (χ2v) is 3.79. The lowest BCUT2D eigenvalue weighted by Gasteiger charge is -2.12. The Labute approximate surface area is 93.8 Å². The van der Waals surface area contributed by atoms with Crippen LogP contribution in [0.25, 0.3) is 0 Å². The summed E-state index contributed by atoms with van der Waals surface area (Å²) < 4.78 is 9.94. The minimum Gasteiger partial charge on any atom is -0.496 e. The number of esters is 1. The lowest BCUT2D eigenvalue weighted by molar-refractivity contribution is -0.142. The first kappa shape index (κ1) is 11.0. The number of hydrogen-bond acceptors (Lipinski definition) is 4. The van der Waals surface area contributed by atoms with Gasteiger partial charge in [-0.15, -0.1) is 0 Å². The molecule has 1 aromatic carbocycles. The maximum absolute atomic E-state index is 11.6. The number of benzene rings is 1. The van der Waals surface area contributed by atoms with Crippen LogP contribution in [-0.4, -0.2) is 25.3 Å². The average molecular weight is 222 g/mol. The van der Waals surface area contributed by atoms with Gasteiger partial charge in [-0.3, -0.25) is 4.79 Å². The van der Waals surface area contributed by atoms with Crippen LogP contribution >= 0.6 is 0 Å². The molecule has 0 aromatic heterocycles. The third-order valence-electron chi connectivity index (χ3n) is 2.97. The Bertz CT molecular complexity index is 413. The molecule has 0 unspecified atom stereocenters. The van der Waals surface area contributed by atoms with Crippen LogP contribution < -0.4 is 4.74 Å². The van der Waals surface area contributed by atoms with Gasteiger partial charge < -0.3 is 14.6 Å². The smallest absolute Gasteiger partial charge is 0.313 e. The molecular weight excluding hydrogens is 208 g/mol. The van der Waals surface area contributed by atoms with Gasteiger partial charge in [-0.05, 0) is 18.1 Å². The summed E-state index contributed by atoms with van der Waals surface area (Å²) in [4.78, 5) is 11.6. The number of ether oxygens (including phenoxy) is 2. The van der Waals surface area contributed by atoms with E-state index in [1.165, 1.54) is 7.11 Å². The molecule has 86 valence electrons. The summed E-state index contributed by atoms with van der Waals surface area (Å²) in [6.45, 7) is 0. The Kier molecular flexibility index (Phi) is 2.83. The molecule has 0 fully saturated rings. The van der Waals surface area contributed by atoms with E-state index in [0.29, 0.717) is 12.2 Å². The summed E-state index contributed by atoms with van der Waals surface area (Å²) in [6, 6.07) is 5.40. The van der Waals surface area contributed by atoms with Crippen LogP contribution in [-0.2, 0) is 9.53 Å². The minimum atomic E-state index is -0.616. The predicted molar refractivity (Wildman–Crippen MR) is 57.3 cm³/mol. The zero-order valence-corrected chi connectivity index (χ0v) is 9.27. The van der Waals surface area contributed by atoms with E-state index in [2.05, 4.69) is 0 Å². The second kappa shape index (κ2) is 4.14. The molecule has 4 nitrogen and oxygen atoms in total. The molecule has 1 N–H and O–H groups in total. The summed E-state index contributed by atoms with van der Waals surface area (Å²) in [5, 5.41) is 9.85. The molecule has 16 heavy (non-hydrogen) atoms. The molecule has 1 aromatic rings. The van der Waals surface area contributed by atoms with Crippen molar-refractivity contribution in [2.45, 2.75) is 18.4 Å². The molecule has 1 aliphatic rings. The summed E-state index contributed by atoms with van der Waals surface area (Å²) in [6.07, 6.45) is -0.253. The van der Waals surface area contributed by atoms with E-state index in [0.717, 1.165) is 11.1 Å². The normalized spacial score (nSPS) is 22.7. The Balaban J connectivity index is 2.50. The van der Waals surface area contributed by atoms with Crippen molar-refractivity contribution in [1.29, 1.82) is 0 Å². The molecular formula is C12H14O4. The first-order valence-corrected chi connectivity index (χ1v) is 5.11. The second-order valence-electron chi connectivity index (χ2n) is 3.79. The molecule has 0 saturated carbocycles. The number of aliphatic hydroxyl groups excluding tert-OH is 1. The fourth-order valence-electron chi connectivity index (χ4n) is 2.23. The van der Waals surface area contributed by atoms with Crippen LogP contribution in [0.15, 0.2) is 18.2 Å². The fraction of sp³-hybridized carbons (Fsp3) is 0.417. The molecule has 2 rings (SSSR count). The first-order valence-electron chi connectivity index (χ1n) is 5.11. The average Bonchev–Trinajstić information content (AvgIpc) is 2.66. The van der Waals surface area contributed by atoms with Gasteiger partial charge in [0.15, 0.2) is 0 Å². The number of aliphatic hydroxyl groups is 1. The van der Waals surface area contributed by atoms with E-state index >= 15 is 0 Å². The largest absolute Gasteiger partial charge is 0.496 e. The van der Waals surface area contributed by atoms with Crippen molar-refractivity contribution in [3.05, 3.63) is 29.3 Å². The molecule has 0 aliphatic heterocycles. The highest BCUT2D eigenvalue weighted by Gasteiger charge is 2.37. The third kappa shape index (κ3) is 1.55. The summed E-state index contributed by atoms with van der Waals surface area (Å²) >= 11 is 0. The van der Waals surface area contributed by atoms with Crippen molar-refractivity contribution < 1.29 is 19.4 Å². The number of fused-ring (bicyclic) bond motifs is 1. The number of hydrogen-bond donors (Lipinski definition) is 1. The summed E-state index contributed by atoms with van der Waals surface area (Å²) in [5.74, 6) is -0.127. The van der Waals surface area contributed by atoms with Gasteiger partial charge in [0, 0.05) is 5.56 Å². The van der Waals surface area contributed by atoms with Gasteiger partial charge in [0.2, 0.25) is 0 Å². The molecule has 0 spiro atoms. The highest BCUT2D eigenvalue weighted by Crippen LogP contribution is 2.45. The number of methoxy groups -OCH3 is 2. The monoisotopic (exact) mass is 222 g/mol. The molecule has 0 heterocycles. The van der Waals surface area contributed by atoms with Crippen molar-refractivity contribution >= 4 is 5.97 Å². The van der Waals surface area contributed by atoms with Crippen LogP contribution in [0.3, 0.4) is 0 Å². The number of carbonyl (C=O) groups excluding carboxylic acids is 1. The van der Waals surface area contributed by atoms with E-state index in [4.69, 9.17) is 9.47 Å². The van der Waals surface area contributed by atoms with Gasteiger partial charge in [-0.25, -0.2) is 0 Å². The maximum Gasteiger partial charge on any atom is 0.313 e. The van der Waals surface area contributed by atoms with Crippen molar-refractivity contribution in [1.82, 2.24) is 0 Å². The van der Waals surface area contributed by atoms with Crippen LogP contribution in [0, 0.1) is 0 Å². The zero-order valence-electron chi connectivity index (χ0n) is 9.27. The summed E-state index contributed by atoms with van der Waals surface area (Å²) in [7, 11) is 2.90. The molecule has 0 radical (unpaired) electrons. The Hall–Kier alpha value is -1.55. The topological polar surface area (TPSA) is 55.8 Å². The SMILES string of the molecule is COC(=O)[C@H]1C[C@@H](O)c2cccc(OC)c21. The zero-order chi connectivity index (χ0) is 11.7. The van der Waals surface area contributed by atoms with Crippen molar-refractivity contribution in [2.75, 3.05) is 14.2 Å². The van der Waals surface area contributed by atoms with Crippen molar-refractivity contribution in [3.63, 3.8) is 0 Å². The van der Waals surface area contributed by atoms with Crippen LogP contribution in [0.1, 0.15) is 29.6 Å². The van der Waals surface area contributed by atoms with E-state index in [1.807, 2.05) is 6.07 Å². The highest BCUT2D eigenvalue weighted by molar-refractivity contribution is 5.81. The molecule has 4 heteroatoms. The van der Waals surface area contributed by atoms with Gasteiger partial charge in [0.25, 0.3) is 0 Å². The van der Waals surface area contributed by atoms with Crippen molar-refractivity contribution in [2.24, 2.45) is 0 Å². The highest BCUT2D eigenvalue weighted by atomic mass is 16.5. The number of carbonyl (C=O) groups is 1. The summed E-state index contributed by atoms with van der Waals surface area (Å²) in [5.41, 5.74) is 1.51. The van der Waals surface area contributed by atoms with Gasteiger partial charge in [-0.2, -0.15) is 0 Å².